The zero-order chi connectivity index (χ0) is 11.2. The predicted molar refractivity (Wildman–Crippen MR) is 69.7 cm³/mol. The maximum atomic E-state index is 3.45. The van der Waals surface area contributed by atoms with Gasteiger partial charge in [0.2, 0.25) is 0 Å². The maximum Gasteiger partial charge on any atom is -0.00187 e. The van der Waals surface area contributed by atoms with Crippen LogP contribution in [0.1, 0.15) is 44.9 Å². The second-order valence-electron chi connectivity index (χ2n) is 5.89. The summed E-state index contributed by atoms with van der Waals surface area (Å²) in [6.07, 6.45) is 10.2. The molecule has 1 aliphatic carbocycles. The molecule has 0 aromatic heterocycles. The van der Waals surface area contributed by atoms with E-state index in [0.29, 0.717) is 0 Å². The lowest BCUT2D eigenvalue weighted by Crippen LogP contribution is -2.24. The number of nitrogens with one attached hydrogen (secondary N) is 1. The molecular formula is C14H28N2. The molecule has 0 bridgehead atoms. The second-order valence-corrected chi connectivity index (χ2v) is 5.89. The van der Waals surface area contributed by atoms with E-state index in [1.807, 2.05) is 0 Å². The lowest BCUT2D eigenvalue weighted by molar-refractivity contribution is 0.280. The van der Waals surface area contributed by atoms with Gasteiger partial charge in [-0.1, -0.05) is 25.7 Å². The third-order valence-electron chi connectivity index (χ3n) is 4.48. The molecule has 16 heavy (non-hydrogen) atoms. The monoisotopic (exact) mass is 224 g/mol. The molecule has 1 aliphatic heterocycles. The molecule has 1 heterocycles. The van der Waals surface area contributed by atoms with Crippen LogP contribution in [0.25, 0.3) is 0 Å². The van der Waals surface area contributed by atoms with Gasteiger partial charge in [-0.3, -0.25) is 0 Å². The van der Waals surface area contributed by atoms with Gasteiger partial charge in [0.15, 0.2) is 0 Å². The Labute approximate surface area is 101 Å². The lowest BCUT2D eigenvalue weighted by Gasteiger charge is -2.20. The van der Waals surface area contributed by atoms with Crippen LogP contribution in [0, 0.1) is 11.8 Å². The summed E-state index contributed by atoms with van der Waals surface area (Å²) in [5, 5.41) is 3.45. The minimum Gasteiger partial charge on any atom is -0.316 e. The van der Waals surface area contributed by atoms with Gasteiger partial charge in [0.25, 0.3) is 0 Å². The summed E-state index contributed by atoms with van der Waals surface area (Å²) in [5.74, 6) is 2.00. The van der Waals surface area contributed by atoms with Gasteiger partial charge in [0, 0.05) is 0 Å². The first-order chi connectivity index (χ1) is 7.84. The fraction of sp³-hybridized carbons (Fsp3) is 1.00. The Morgan fingerprint density at radius 3 is 2.31 bits per heavy atom. The molecule has 1 saturated heterocycles. The van der Waals surface area contributed by atoms with Crippen LogP contribution in [-0.2, 0) is 0 Å². The molecule has 0 aromatic carbocycles. The van der Waals surface area contributed by atoms with Crippen LogP contribution in [0.2, 0.25) is 0 Å². The Kier molecular flexibility index (Phi) is 5.11. The van der Waals surface area contributed by atoms with E-state index in [0.717, 1.165) is 11.8 Å². The smallest absolute Gasteiger partial charge is 0.00187 e. The summed E-state index contributed by atoms with van der Waals surface area (Å²) in [4.78, 5) is 2.55. The maximum absolute atomic E-state index is 3.45. The largest absolute Gasteiger partial charge is 0.316 e. The van der Waals surface area contributed by atoms with Crippen LogP contribution in [0.3, 0.4) is 0 Å². The highest BCUT2D eigenvalue weighted by Crippen LogP contribution is 2.27. The standard InChI is InChI=1S/C14H28N2/c1-16(10-7-13-4-2-3-5-13)11-8-14-6-9-15-12-14/h13-15H,2-12H2,1H3. The van der Waals surface area contributed by atoms with Crippen molar-refractivity contribution < 1.29 is 0 Å². The van der Waals surface area contributed by atoms with Crippen LogP contribution in [0.4, 0.5) is 0 Å². The van der Waals surface area contributed by atoms with Crippen molar-refractivity contribution in [3.05, 3.63) is 0 Å². The Hall–Kier alpha value is -0.0800. The zero-order valence-electron chi connectivity index (χ0n) is 10.9. The number of hydrogen-bond donors (Lipinski definition) is 1. The van der Waals surface area contributed by atoms with Crippen LogP contribution in [0.5, 0.6) is 0 Å². The van der Waals surface area contributed by atoms with Crippen molar-refractivity contribution >= 4 is 0 Å². The first-order valence-electron chi connectivity index (χ1n) is 7.24. The number of rotatable bonds is 6. The first-order valence-corrected chi connectivity index (χ1v) is 7.24. The highest BCUT2D eigenvalue weighted by molar-refractivity contribution is 4.73. The molecule has 0 spiro atoms. The molecule has 0 radical (unpaired) electrons. The van der Waals surface area contributed by atoms with Crippen LogP contribution < -0.4 is 5.32 Å². The topological polar surface area (TPSA) is 15.3 Å². The fourth-order valence-corrected chi connectivity index (χ4v) is 3.18. The molecule has 2 nitrogen and oxygen atoms in total. The summed E-state index contributed by atoms with van der Waals surface area (Å²) in [6.45, 7) is 5.14. The summed E-state index contributed by atoms with van der Waals surface area (Å²) in [5.41, 5.74) is 0. The van der Waals surface area contributed by atoms with E-state index in [4.69, 9.17) is 0 Å². The summed E-state index contributed by atoms with van der Waals surface area (Å²) in [7, 11) is 2.30. The number of nitrogens with zero attached hydrogens (tertiary/aromatic N) is 1. The molecule has 1 N–H and O–H groups in total. The normalized spacial score (nSPS) is 27.0. The van der Waals surface area contributed by atoms with Gasteiger partial charge < -0.3 is 10.2 Å². The lowest BCUT2D eigenvalue weighted by atomic mass is 10.0. The average Bonchev–Trinajstić information content (AvgIpc) is 2.96. The molecule has 1 saturated carbocycles. The van der Waals surface area contributed by atoms with Crippen molar-refractivity contribution in [2.75, 3.05) is 33.2 Å². The van der Waals surface area contributed by atoms with E-state index in [1.54, 1.807) is 0 Å². The van der Waals surface area contributed by atoms with Gasteiger partial charge in [0.05, 0.1) is 0 Å². The van der Waals surface area contributed by atoms with Crippen LogP contribution in [0.15, 0.2) is 0 Å². The van der Waals surface area contributed by atoms with E-state index in [9.17, 15) is 0 Å². The van der Waals surface area contributed by atoms with Crippen molar-refractivity contribution in [3.8, 4) is 0 Å². The zero-order valence-corrected chi connectivity index (χ0v) is 10.9. The van der Waals surface area contributed by atoms with Gasteiger partial charge in [-0.25, -0.2) is 0 Å². The SMILES string of the molecule is CN(CCC1CCCC1)CCC1CCNC1. The quantitative estimate of drug-likeness (QED) is 0.746. The molecule has 94 valence electrons. The summed E-state index contributed by atoms with van der Waals surface area (Å²) in [6, 6.07) is 0. The fourth-order valence-electron chi connectivity index (χ4n) is 3.18. The molecular weight excluding hydrogens is 196 g/mol. The van der Waals surface area contributed by atoms with Gasteiger partial charge >= 0.3 is 0 Å². The first kappa shape index (κ1) is 12.4. The van der Waals surface area contributed by atoms with E-state index >= 15 is 0 Å². The highest BCUT2D eigenvalue weighted by Gasteiger charge is 2.17. The van der Waals surface area contributed by atoms with Crippen molar-refractivity contribution in [2.45, 2.75) is 44.9 Å². The molecule has 1 atom stereocenters. The Morgan fingerprint density at radius 2 is 1.69 bits per heavy atom. The molecule has 2 fully saturated rings. The van der Waals surface area contributed by atoms with Gasteiger partial charge in [-0.2, -0.15) is 0 Å². The third-order valence-corrected chi connectivity index (χ3v) is 4.48. The van der Waals surface area contributed by atoms with E-state index in [2.05, 4.69) is 17.3 Å². The predicted octanol–water partition coefficient (Wildman–Crippen LogP) is 2.50. The van der Waals surface area contributed by atoms with E-state index in [-0.39, 0.29) is 0 Å². The molecule has 0 aromatic rings. The summed E-state index contributed by atoms with van der Waals surface area (Å²) >= 11 is 0. The van der Waals surface area contributed by atoms with Crippen molar-refractivity contribution in [1.29, 1.82) is 0 Å². The molecule has 1 unspecified atom stereocenters. The average molecular weight is 224 g/mol. The Bertz CT molecular complexity index is 161. The molecule has 2 aliphatic rings. The Balaban J connectivity index is 1.51. The van der Waals surface area contributed by atoms with Gasteiger partial charge in [-0.05, 0) is 64.3 Å². The molecule has 0 amide bonds. The third kappa shape index (κ3) is 4.06. The van der Waals surface area contributed by atoms with Crippen molar-refractivity contribution in [3.63, 3.8) is 0 Å². The van der Waals surface area contributed by atoms with Gasteiger partial charge in [-0.15, -0.1) is 0 Å². The van der Waals surface area contributed by atoms with Crippen molar-refractivity contribution in [1.82, 2.24) is 10.2 Å². The molecule has 2 rings (SSSR count). The van der Waals surface area contributed by atoms with Crippen LogP contribution >= 0.6 is 0 Å². The van der Waals surface area contributed by atoms with E-state index in [1.165, 1.54) is 71.1 Å². The summed E-state index contributed by atoms with van der Waals surface area (Å²) < 4.78 is 0. The van der Waals surface area contributed by atoms with Crippen molar-refractivity contribution in [2.24, 2.45) is 11.8 Å². The highest BCUT2D eigenvalue weighted by atomic mass is 15.1. The minimum atomic E-state index is 0.953. The second kappa shape index (κ2) is 6.61. The van der Waals surface area contributed by atoms with E-state index < -0.39 is 0 Å². The van der Waals surface area contributed by atoms with Crippen LogP contribution in [-0.4, -0.2) is 38.1 Å². The van der Waals surface area contributed by atoms with Gasteiger partial charge in [0.1, 0.15) is 0 Å². The number of hydrogen-bond acceptors (Lipinski definition) is 2. The minimum absolute atomic E-state index is 0.953. The molecule has 2 heteroatoms. The Morgan fingerprint density at radius 1 is 1.00 bits per heavy atom.